The largest absolute Gasteiger partial charge is 0.573 e. The highest BCUT2D eigenvalue weighted by Crippen LogP contribution is 2.44. The minimum atomic E-state index is -5.02. The van der Waals surface area contributed by atoms with Gasteiger partial charge >= 0.3 is 6.36 Å². The number of fused-ring (bicyclic) bond motifs is 1. The van der Waals surface area contributed by atoms with Crippen molar-refractivity contribution in [1.82, 2.24) is 24.3 Å². The van der Waals surface area contributed by atoms with Crippen LogP contribution < -0.4 is 15.6 Å². The summed E-state index contributed by atoms with van der Waals surface area (Å²) in [5.41, 5.74) is -0.936. The molecule has 14 heteroatoms. The van der Waals surface area contributed by atoms with Gasteiger partial charge in [0.1, 0.15) is 17.7 Å². The number of anilines is 1. The van der Waals surface area contributed by atoms with E-state index >= 15 is 4.39 Å². The van der Waals surface area contributed by atoms with Crippen molar-refractivity contribution in [3.63, 3.8) is 0 Å². The molecule has 2 fully saturated rings. The first-order valence-corrected chi connectivity index (χ1v) is 13.8. The van der Waals surface area contributed by atoms with Crippen LogP contribution in [0.3, 0.4) is 0 Å². The Kier molecular flexibility index (Phi) is 7.35. The Morgan fingerprint density at radius 3 is 2.49 bits per heavy atom. The quantitative estimate of drug-likeness (QED) is 0.310. The predicted molar refractivity (Wildman–Crippen MR) is 152 cm³/mol. The first-order chi connectivity index (χ1) is 20.4. The highest BCUT2D eigenvalue weighted by atomic mass is 35.5. The van der Waals surface area contributed by atoms with E-state index in [4.69, 9.17) is 11.6 Å². The summed E-state index contributed by atoms with van der Waals surface area (Å²) < 4.78 is 60.1. The standard InChI is InChI=1S/C29H25ClF4N6O3/c1-38-6-8-39(9-7-38)28(4-5-28)27(42)37-24-11-19(2-3-25(24)43-29(32,33)34)40-16-36-23-13-20(17-10-18(30)15-35-14-17)22(31)12-21(23)26(40)41/h2-3,10-16H,4-9H2,1H3,(H,37,42). The van der Waals surface area contributed by atoms with Gasteiger partial charge in [0.25, 0.3) is 5.56 Å². The number of nitrogens with one attached hydrogen (secondary N) is 1. The van der Waals surface area contributed by atoms with E-state index in [1.165, 1.54) is 43.0 Å². The van der Waals surface area contributed by atoms with E-state index in [0.717, 1.165) is 29.8 Å². The molecule has 0 radical (unpaired) electrons. The molecule has 43 heavy (non-hydrogen) atoms. The third-order valence-corrected chi connectivity index (χ3v) is 8.04. The van der Waals surface area contributed by atoms with Crippen molar-refractivity contribution in [2.45, 2.75) is 24.7 Å². The number of pyridine rings is 1. The molecule has 1 N–H and O–H groups in total. The Morgan fingerprint density at radius 1 is 1.07 bits per heavy atom. The maximum Gasteiger partial charge on any atom is 0.573 e. The molecule has 0 bridgehead atoms. The SMILES string of the molecule is CN1CCN(C2(C(=O)Nc3cc(-n4cnc5cc(-c6cncc(Cl)c6)c(F)cc5c4=O)ccc3OC(F)(F)F)CC2)CC1. The van der Waals surface area contributed by atoms with Crippen molar-refractivity contribution in [3.05, 3.63) is 76.3 Å². The second kappa shape index (κ2) is 10.9. The molecule has 1 saturated heterocycles. The number of amides is 1. The van der Waals surface area contributed by atoms with Crippen LogP contribution in [0.15, 0.2) is 59.9 Å². The van der Waals surface area contributed by atoms with Gasteiger partial charge < -0.3 is 15.0 Å². The number of likely N-dealkylation sites (N-methyl/N-ethyl adjacent to an activating group) is 1. The summed E-state index contributed by atoms with van der Waals surface area (Å²) in [5, 5.41) is 2.86. The number of benzene rings is 2. The van der Waals surface area contributed by atoms with Gasteiger partial charge in [0.15, 0.2) is 5.75 Å². The molecule has 2 aromatic heterocycles. The van der Waals surface area contributed by atoms with E-state index in [0.29, 0.717) is 36.5 Å². The number of carbonyl (C=O) groups is 1. The summed E-state index contributed by atoms with van der Waals surface area (Å²) in [4.78, 5) is 39.3. The maximum atomic E-state index is 15.1. The lowest BCUT2D eigenvalue weighted by Gasteiger charge is -2.37. The summed E-state index contributed by atoms with van der Waals surface area (Å²) in [6.07, 6.45) is 0.132. The third kappa shape index (κ3) is 5.79. The molecule has 1 saturated carbocycles. The zero-order chi connectivity index (χ0) is 30.5. The number of alkyl halides is 3. The molecule has 1 aliphatic carbocycles. The summed E-state index contributed by atoms with van der Waals surface area (Å²) >= 11 is 5.99. The van der Waals surface area contributed by atoms with Gasteiger partial charge in [-0.2, -0.15) is 0 Å². The van der Waals surface area contributed by atoms with Crippen molar-refractivity contribution < 1.29 is 27.1 Å². The fourth-order valence-corrected chi connectivity index (χ4v) is 5.54. The van der Waals surface area contributed by atoms with Crippen LogP contribution >= 0.6 is 11.6 Å². The van der Waals surface area contributed by atoms with Crippen molar-refractivity contribution >= 4 is 34.1 Å². The average Bonchev–Trinajstić information content (AvgIpc) is 3.76. The van der Waals surface area contributed by atoms with Crippen molar-refractivity contribution in [2.75, 3.05) is 38.5 Å². The van der Waals surface area contributed by atoms with Gasteiger partial charge in [0, 0.05) is 49.7 Å². The third-order valence-electron chi connectivity index (χ3n) is 7.83. The van der Waals surface area contributed by atoms with E-state index in [1.807, 2.05) is 7.05 Å². The van der Waals surface area contributed by atoms with Crippen molar-refractivity contribution in [2.24, 2.45) is 0 Å². The zero-order valence-electron chi connectivity index (χ0n) is 22.8. The van der Waals surface area contributed by atoms with Crippen LogP contribution in [0.2, 0.25) is 5.02 Å². The molecule has 224 valence electrons. The topological polar surface area (TPSA) is 92.6 Å². The van der Waals surface area contributed by atoms with E-state index < -0.39 is 34.9 Å². The number of piperazine rings is 1. The van der Waals surface area contributed by atoms with Crippen LogP contribution in [0.25, 0.3) is 27.7 Å². The Labute approximate surface area is 247 Å². The number of rotatable bonds is 6. The monoisotopic (exact) mass is 616 g/mol. The van der Waals surface area contributed by atoms with E-state index in [1.54, 1.807) is 0 Å². The lowest BCUT2D eigenvalue weighted by atomic mass is 10.0. The smallest absolute Gasteiger partial charge is 0.404 e. The number of carbonyl (C=O) groups excluding carboxylic acids is 1. The van der Waals surface area contributed by atoms with E-state index in [9.17, 15) is 22.8 Å². The molecule has 2 aromatic carbocycles. The molecule has 2 aliphatic rings. The first-order valence-electron chi connectivity index (χ1n) is 13.4. The summed E-state index contributed by atoms with van der Waals surface area (Å²) in [5.74, 6) is -1.80. The molecule has 0 spiro atoms. The summed E-state index contributed by atoms with van der Waals surface area (Å²) in [6.45, 7) is 2.84. The van der Waals surface area contributed by atoms with Crippen LogP contribution in [0.1, 0.15) is 12.8 Å². The predicted octanol–water partition coefficient (Wildman–Crippen LogP) is 4.86. The second-order valence-corrected chi connectivity index (χ2v) is 11.1. The highest BCUT2D eigenvalue weighted by Gasteiger charge is 2.55. The molecule has 6 rings (SSSR count). The Hall–Kier alpha value is -4.07. The van der Waals surface area contributed by atoms with Crippen LogP contribution in [0.4, 0.5) is 23.2 Å². The highest BCUT2D eigenvalue weighted by molar-refractivity contribution is 6.30. The van der Waals surface area contributed by atoms with Gasteiger partial charge in [0.05, 0.1) is 27.3 Å². The second-order valence-electron chi connectivity index (χ2n) is 10.7. The van der Waals surface area contributed by atoms with Gasteiger partial charge in [-0.1, -0.05) is 11.6 Å². The molecular weight excluding hydrogens is 592 g/mol. The number of ether oxygens (including phenoxy) is 1. The van der Waals surface area contributed by atoms with E-state index in [-0.39, 0.29) is 27.8 Å². The minimum Gasteiger partial charge on any atom is -0.404 e. The Balaban J connectivity index is 1.36. The number of halogens is 5. The zero-order valence-corrected chi connectivity index (χ0v) is 23.5. The van der Waals surface area contributed by atoms with Crippen molar-refractivity contribution in [1.29, 1.82) is 0 Å². The molecule has 0 atom stereocenters. The molecule has 9 nitrogen and oxygen atoms in total. The molecule has 4 aromatic rings. The van der Waals surface area contributed by atoms with Gasteiger partial charge in [-0.15, -0.1) is 13.2 Å². The molecule has 1 aliphatic heterocycles. The summed E-state index contributed by atoms with van der Waals surface area (Å²) in [7, 11) is 1.98. The average molecular weight is 617 g/mol. The minimum absolute atomic E-state index is 0.0630. The maximum absolute atomic E-state index is 15.1. The first kappa shape index (κ1) is 29.0. The lowest BCUT2D eigenvalue weighted by Crippen LogP contribution is -2.54. The van der Waals surface area contributed by atoms with Crippen LogP contribution in [-0.4, -0.2) is 75.4 Å². The fourth-order valence-electron chi connectivity index (χ4n) is 5.36. The van der Waals surface area contributed by atoms with Gasteiger partial charge in [-0.25, -0.2) is 9.37 Å². The van der Waals surface area contributed by atoms with Gasteiger partial charge in [-0.05, 0) is 56.3 Å². The number of hydrogen-bond acceptors (Lipinski definition) is 7. The van der Waals surface area contributed by atoms with Gasteiger partial charge in [-0.3, -0.25) is 24.0 Å². The van der Waals surface area contributed by atoms with Crippen LogP contribution in [-0.2, 0) is 4.79 Å². The molecule has 3 heterocycles. The Morgan fingerprint density at radius 2 is 1.81 bits per heavy atom. The van der Waals surface area contributed by atoms with Gasteiger partial charge in [0.2, 0.25) is 5.91 Å². The lowest BCUT2D eigenvalue weighted by molar-refractivity contribution is -0.274. The van der Waals surface area contributed by atoms with Crippen LogP contribution in [0.5, 0.6) is 5.75 Å². The summed E-state index contributed by atoms with van der Waals surface area (Å²) in [6, 6.07) is 7.39. The number of nitrogens with zero attached hydrogens (tertiary/aromatic N) is 5. The molecule has 0 unspecified atom stereocenters. The number of hydrogen-bond donors (Lipinski definition) is 1. The normalized spacial score (nSPS) is 17.2. The molecule has 1 amide bonds. The molecular formula is C29H25ClF4N6O3. The van der Waals surface area contributed by atoms with Crippen molar-refractivity contribution in [3.8, 4) is 22.6 Å². The van der Waals surface area contributed by atoms with Crippen LogP contribution in [0, 0.1) is 5.82 Å². The fraction of sp³-hybridized carbons (Fsp3) is 0.310. The van der Waals surface area contributed by atoms with E-state index in [2.05, 4.69) is 29.8 Å². The Bertz CT molecular complexity index is 1780. The number of aromatic nitrogens is 3.